The number of fused-ring (bicyclic) bond motifs is 1. The highest BCUT2D eigenvalue weighted by Gasteiger charge is 2.06. The Morgan fingerprint density at radius 2 is 2.46 bits per heavy atom. The van der Waals surface area contributed by atoms with E-state index in [9.17, 15) is 4.79 Å². The molecule has 0 saturated heterocycles. The van der Waals surface area contributed by atoms with Gasteiger partial charge in [0.1, 0.15) is 16.8 Å². The highest BCUT2D eigenvalue weighted by molar-refractivity contribution is 5.84. The molecule has 0 saturated carbocycles. The third kappa shape index (κ3) is 1.42. The lowest BCUT2D eigenvalue weighted by atomic mass is 10.2. The van der Waals surface area contributed by atoms with Crippen molar-refractivity contribution >= 4 is 16.8 Å². The van der Waals surface area contributed by atoms with Crippen molar-refractivity contribution in [2.24, 2.45) is 0 Å². The molecule has 2 heterocycles. The summed E-state index contributed by atoms with van der Waals surface area (Å²) in [7, 11) is 0. The predicted octanol–water partition coefficient (Wildman–Crippen LogP) is 1.09. The number of H-pyrrole nitrogens is 1. The van der Waals surface area contributed by atoms with E-state index in [0.29, 0.717) is 6.42 Å². The van der Waals surface area contributed by atoms with E-state index in [1.54, 1.807) is 13.1 Å². The van der Waals surface area contributed by atoms with Crippen molar-refractivity contribution in [2.45, 2.75) is 13.3 Å². The highest BCUT2D eigenvalue weighted by Crippen LogP contribution is 2.12. The Balaban J connectivity index is 2.51. The third-order valence-corrected chi connectivity index (χ3v) is 1.81. The molecule has 2 aromatic heterocycles. The molecule has 0 aromatic carbocycles. The van der Waals surface area contributed by atoms with Crippen LogP contribution in [-0.2, 0) is 11.2 Å². The van der Waals surface area contributed by atoms with Gasteiger partial charge in [0.15, 0.2) is 0 Å². The number of nitrogens with zero attached hydrogens (tertiary/aromatic N) is 2. The molecule has 0 fully saturated rings. The van der Waals surface area contributed by atoms with Gasteiger partial charge in [-0.3, -0.25) is 14.9 Å². The monoisotopic (exact) mass is 175 g/mol. The summed E-state index contributed by atoms with van der Waals surface area (Å²) in [6, 6.07) is 3.68. The SMILES string of the molecule is CC(=O)Cc1[nH]nc2cccnc12. The van der Waals surface area contributed by atoms with Gasteiger partial charge in [0.2, 0.25) is 0 Å². The topological polar surface area (TPSA) is 58.6 Å². The lowest BCUT2D eigenvalue weighted by Gasteiger charge is -1.91. The fourth-order valence-electron chi connectivity index (χ4n) is 1.27. The van der Waals surface area contributed by atoms with Gasteiger partial charge in [-0.15, -0.1) is 0 Å². The summed E-state index contributed by atoms with van der Waals surface area (Å²) in [4.78, 5) is 15.0. The maximum absolute atomic E-state index is 10.9. The molecule has 0 atom stereocenters. The van der Waals surface area contributed by atoms with Crippen LogP contribution < -0.4 is 0 Å². The number of aromatic amines is 1. The maximum Gasteiger partial charge on any atom is 0.135 e. The van der Waals surface area contributed by atoms with Gasteiger partial charge in [0.25, 0.3) is 0 Å². The second-order valence-electron chi connectivity index (χ2n) is 2.95. The molecule has 0 aliphatic rings. The Kier molecular flexibility index (Phi) is 1.81. The van der Waals surface area contributed by atoms with E-state index in [4.69, 9.17) is 0 Å². The molecule has 0 spiro atoms. The van der Waals surface area contributed by atoms with Crippen LogP contribution in [0.2, 0.25) is 0 Å². The minimum atomic E-state index is 0.108. The van der Waals surface area contributed by atoms with Crippen LogP contribution in [0.4, 0.5) is 0 Å². The van der Waals surface area contributed by atoms with Crippen LogP contribution in [-0.4, -0.2) is 21.0 Å². The van der Waals surface area contributed by atoms with Crippen LogP contribution in [0.3, 0.4) is 0 Å². The van der Waals surface area contributed by atoms with E-state index in [1.807, 2.05) is 12.1 Å². The molecule has 4 nitrogen and oxygen atoms in total. The van der Waals surface area contributed by atoms with Gasteiger partial charge in [-0.05, 0) is 19.1 Å². The fourth-order valence-corrected chi connectivity index (χ4v) is 1.27. The van der Waals surface area contributed by atoms with Crippen LogP contribution in [0.25, 0.3) is 11.0 Å². The summed E-state index contributed by atoms with van der Waals surface area (Å²) < 4.78 is 0. The number of nitrogens with one attached hydrogen (secondary N) is 1. The van der Waals surface area contributed by atoms with Crippen molar-refractivity contribution in [3.8, 4) is 0 Å². The second-order valence-corrected chi connectivity index (χ2v) is 2.95. The van der Waals surface area contributed by atoms with Gasteiger partial charge in [-0.2, -0.15) is 5.10 Å². The number of ketones is 1. The molecular formula is C9H9N3O. The predicted molar refractivity (Wildman–Crippen MR) is 48.3 cm³/mol. The van der Waals surface area contributed by atoms with Gasteiger partial charge in [-0.1, -0.05) is 0 Å². The van der Waals surface area contributed by atoms with Gasteiger partial charge >= 0.3 is 0 Å². The van der Waals surface area contributed by atoms with Gasteiger partial charge < -0.3 is 0 Å². The van der Waals surface area contributed by atoms with E-state index in [1.165, 1.54) is 0 Å². The molecule has 0 aliphatic carbocycles. The second kappa shape index (κ2) is 2.97. The van der Waals surface area contributed by atoms with E-state index in [2.05, 4.69) is 15.2 Å². The minimum absolute atomic E-state index is 0.108. The van der Waals surface area contributed by atoms with Gasteiger partial charge in [-0.25, -0.2) is 0 Å². The smallest absolute Gasteiger partial charge is 0.135 e. The van der Waals surface area contributed by atoms with Gasteiger partial charge in [0.05, 0.1) is 12.1 Å². The van der Waals surface area contributed by atoms with Gasteiger partial charge in [0, 0.05) is 6.20 Å². The van der Waals surface area contributed by atoms with E-state index in [-0.39, 0.29) is 5.78 Å². The molecule has 2 rings (SSSR count). The van der Waals surface area contributed by atoms with Crippen molar-refractivity contribution in [2.75, 3.05) is 0 Å². The quantitative estimate of drug-likeness (QED) is 0.743. The molecule has 13 heavy (non-hydrogen) atoms. The zero-order chi connectivity index (χ0) is 9.26. The molecule has 0 amide bonds. The van der Waals surface area contributed by atoms with E-state index >= 15 is 0 Å². The average Bonchev–Trinajstić information content (AvgIpc) is 2.48. The van der Waals surface area contributed by atoms with Crippen molar-refractivity contribution in [3.05, 3.63) is 24.0 Å². The molecule has 1 N–H and O–H groups in total. The van der Waals surface area contributed by atoms with Crippen molar-refractivity contribution < 1.29 is 4.79 Å². The largest absolute Gasteiger partial charge is 0.300 e. The fraction of sp³-hybridized carbons (Fsp3) is 0.222. The lowest BCUT2D eigenvalue weighted by Crippen LogP contribution is -1.97. The molecule has 0 radical (unpaired) electrons. The zero-order valence-corrected chi connectivity index (χ0v) is 7.24. The van der Waals surface area contributed by atoms with Crippen LogP contribution in [0, 0.1) is 0 Å². The standard InChI is InChI=1S/C9H9N3O/c1-6(13)5-8-9-7(11-12-8)3-2-4-10-9/h2-4H,5H2,1H3,(H,11,12). The lowest BCUT2D eigenvalue weighted by molar-refractivity contribution is -0.116. The Labute approximate surface area is 75.0 Å². The summed E-state index contributed by atoms with van der Waals surface area (Å²) in [5.74, 6) is 0.108. The summed E-state index contributed by atoms with van der Waals surface area (Å²) in [6.07, 6.45) is 2.06. The molecule has 2 aromatic rings. The summed E-state index contributed by atoms with van der Waals surface area (Å²) in [6.45, 7) is 1.55. The molecule has 4 heteroatoms. The van der Waals surface area contributed by atoms with Crippen LogP contribution in [0.5, 0.6) is 0 Å². The Morgan fingerprint density at radius 1 is 1.62 bits per heavy atom. The first-order chi connectivity index (χ1) is 6.27. The summed E-state index contributed by atoms with van der Waals surface area (Å²) >= 11 is 0. The van der Waals surface area contributed by atoms with Crippen molar-refractivity contribution in [1.29, 1.82) is 0 Å². The molecule has 0 bridgehead atoms. The molecule has 0 aliphatic heterocycles. The normalized spacial score (nSPS) is 10.5. The Morgan fingerprint density at radius 3 is 3.23 bits per heavy atom. The first-order valence-corrected chi connectivity index (χ1v) is 4.05. The third-order valence-electron chi connectivity index (χ3n) is 1.81. The number of hydrogen-bond donors (Lipinski definition) is 1. The molecule has 0 unspecified atom stereocenters. The van der Waals surface area contributed by atoms with Crippen molar-refractivity contribution in [3.63, 3.8) is 0 Å². The number of rotatable bonds is 2. The number of carbonyl (C=O) groups excluding carboxylic acids is 1. The average molecular weight is 175 g/mol. The van der Waals surface area contributed by atoms with Crippen LogP contribution >= 0.6 is 0 Å². The Bertz CT molecular complexity index is 447. The Hall–Kier alpha value is -1.71. The summed E-state index contributed by atoms with van der Waals surface area (Å²) in [5, 5.41) is 6.84. The summed E-state index contributed by atoms with van der Waals surface area (Å²) in [5.41, 5.74) is 2.39. The first-order valence-electron chi connectivity index (χ1n) is 4.05. The highest BCUT2D eigenvalue weighted by atomic mass is 16.1. The van der Waals surface area contributed by atoms with Crippen LogP contribution in [0.1, 0.15) is 12.6 Å². The number of pyridine rings is 1. The van der Waals surface area contributed by atoms with E-state index in [0.717, 1.165) is 16.7 Å². The minimum Gasteiger partial charge on any atom is -0.300 e. The van der Waals surface area contributed by atoms with Crippen molar-refractivity contribution in [1.82, 2.24) is 15.2 Å². The molecule has 66 valence electrons. The van der Waals surface area contributed by atoms with Crippen LogP contribution in [0.15, 0.2) is 18.3 Å². The number of carbonyl (C=O) groups is 1. The van der Waals surface area contributed by atoms with E-state index < -0.39 is 0 Å². The first kappa shape index (κ1) is 7.91. The molecular weight excluding hydrogens is 166 g/mol. The number of Topliss-reactive ketones (excluding diaryl/α,β-unsaturated/α-hetero) is 1. The number of hydrogen-bond acceptors (Lipinski definition) is 3. The number of aromatic nitrogens is 3. The maximum atomic E-state index is 10.9. The zero-order valence-electron chi connectivity index (χ0n) is 7.24.